The van der Waals surface area contributed by atoms with E-state index in [2.05, 4.69) is 9.84 Å². The first kappa shape index (κ1) is 24.5. The van der Waals surface area contributed by atoms with Crippen LogP contribution in [0.25, 0.3) is 28.1 Å². The van der Waals surface area contributed by atoms with Gasteiger partial charge < -0.3 is 14.2 Å². The van der Waals surface area contributed by atoms with Gasteiger partial charge in [-0.05, 0) is 35.4 Å². The molecule has 0 N–H and O–H groups in total. The Morgan fingerprint density at radius 3 is 1.94 bits per heavy atom. The zero-order valence-corrected chi connectivity index (χ0v) is 19.1. The number of rotatable bonds is 6. The van der Waals surface area contributed by atoms with E-state index in [1.807, 2.05) is 0 Å². The van der Waals surface area contributed by atoms with Crippen LogP contribution in [0.15, 0.2) is 78.9 Å². The van der Waals surface area contributed by atoms with Crippen LogP contribution in [-0.2, 0) is 9.47 Å². The van der Waals surface area contributed by atoms with Crippen LogP contribution in [0.1, 0.15) is 20.8 Å². The molecule has 7 nitrogen and oxygen atoms in total. The largest absolute Gasteiger partial charge is 0.573 e. The van der Waals surface area contributed by atoms with Crippen molar-refractivity contribution < 1.29 is 37.0 Å². The van der Waals surface area contributed by atoms with Gasteiger partial charge in [-0.3, -0.25) is 0 Å². The Morgan fingerprint density at radius 2 is 1.36 bits per heavy atom. The lowest BCUT2D eigenvalue weighted by Crippen LogP contribution is -2.16. The maximum absolute atomic E-state index is 12.9. The Labute approximate surface area is 203 Å². The maximum Gasteiger partial charge on any atom is 0.573 e. The van der Waals surface area contributed by atoms with E-state index in [0.29, 0.717) is 22.4 Å². The summed E-state index contributed by atoms with van der Waals surface area (Å²) < 4.78 is 52.8. The zero-order chi connectivity index (χ0) is 25.9. The van der Waals surface area contributed by atoms with Crippen molar-refractivity contribution in [2.75, 3.05) is 14.2 Å². The number of carbonyl (C=O) groups is 2. The van der Waals surface area contributed by atoms with Crippen molar-refractivity contribution in [3.8, 4) is 33.8 Å². The number of nitrogens with zero attached hydrogens (tertiary/aromatic N) is 2. The summed E-state index contributed by atoms with van der Waals surface area (Å²) in [5, 5.41) is 4.58. The van der Waals surface area contributed by atoms with E-state index in [-0.39, 0.29) is 22.7 Å². The number of alkyl halides is 3. The normalized spacial score (nSPS) is 11.1. The summed E-state index contributed by atoms with van der Waals surface area (Å²) in [4.78, 5) is 25.7. The predicted molar refractivity (Wildman–Crippen MR) is 124 cm³/mol. The summed E-state index contributed by atoms with van der Waals surface area (Å²) >= 11 is 0. The molecule has 0 fully saturated rings. The van der Waals surface area contributed by atoms with Crippen LogP contribution in [0, 0.1) is 0 Å². The quantitative estimate of drug-likeness (QED) is 0.320. The van der Waals surface area contributed by atoms with Crippen LogP contribution >= 0.6 is 0 Å². The molecule has 4 rings (SSSR count). The molecule has 1 heterocycles. The Balaban J connectivity index is 1.93. The Hall–Kier alpha value is -4.60. The molecule has 0 aliphatic carbocycles. The number of benzene rings is 3. The predicted octanol–water partition coefficient (Wildman–Crippen LogP) is 5.68. The van der Waals surface area contributed by atoms with E-state index in [4.69, 9.17) is 9.47 Å². The Bertz CT molecular complexity index is 1400. The number of hydrogen-bond donors (Lipinski definition) is 0. The van der Waals surface area contributed by atoms with Gasteiger partial charge in [-0.1, -0.05) is 54.6 Å². The standard InChI is InChI=1S/C26H19F3N2O5/c1-34-24(32)21-22(30-31(23(21)25(33)35-2)17-8-4-3-5-9-17)20-11-7-6-10-19(20)16-12-14-18(15-13-16)36-26(27,28)29/h3-15H,1-2H3. The SMILES string of the molecule is COC(=O)c1c(-c2ccccc2-c2ccc(OC(F)(F)F)cc2)nn(-c2ccccc2)c1C(=O)OC. The van der Waals surface area contributed by atoms with Gasteiger partial charge >= 0.3 is 18.3 Å². The summed E-state index contributed by atoms with van der Waals surface area (Å²) in [5.74, 6) is -1.99. The molecule has 0 saturated heterocycles. The fourth-order valence-corrected chi connectivity index (χ4v) is 3.72. The molecule has 0 atom stereocenters. The summed E-state index contributed by atoms with van der Waals surface area (Å²) in [6.45, 7) is 0. The van der Waals surface area contributed by atoms with E-state index in [9.17, 15) is 22.8 Å². The third-order valence-electron chi connectivity index (χ3n) is 5.24. The van der Waals surface area contributed by atoms with Gasteiger partial charge in [0.1, 0.15) is 17.0 Å². The topological polar surface area (TPSA) is 79.7 Å². The smallest absolute Gasteiger partial charge is 0.465 e. The number of carbonyl (C=O) groups excluding carboxylic acids is 2. The molecule has 0 aliphatic heterocycles. The number of methoxy groups -OCH3 is 2. The summed E-state index contributed by atoms with van der Waals surface area (Å²) in [5.41, 5.74) is 1.92. The van der Waals surface area contributed by atoms with E-state index in [1.54, 1.807) is 54.6 Å². The van der Waals surface area contributed by atoms with Crippen molar-refractivity contribution >= 4 is 11.9 Å². The van der Waals surface area contributed by atoms with Gasteiger partial charge in [-0.2, -0.15) is 5.10 Å². The minimum atomic E-state index is -4.82. The molecule has 10 heteroatoms. The van der Waals surface area contributed by atoms with E-state index < -0.39 is 18.3 Å². The lowest BCUT2D eigenvalue weighted by atomic mass is 9.95. The number of para-hydroxylation sites is 1. The number of esters is 2. The van der Waals surface area contributed by atoms with Gasteiger partial charge in [0.2, 0.25) is 0 Å². The van der Waals surface area contributed by atoms with Gasteiger partial charge in [0.15, 0.2) is 5.69 Å². The second kappa shape index (κ2) is 9.95. The number of aromatic nitrogens is 2. The molecule has 0 spiro atoms. The third kappa shape index (κ3) is 4.92. The third-order valence-corrected chi connectivity index (χ3v) is 5.24. The van der Waals surface area contributed by atoms with Crippen LogP contribution in [0.4, 0.5) is 13.2 Å². The lowest BCUT2D eigenvalue weighted by Gasteiger charge is -2.12. The van der Waals surface area contributed by atoms with Crippen LogP contribution in [-0.4, -0.2) is 42.3 Å². The van der Waals surface area contributed by atoms with Crippen molar-refractivity contribution in [3.05, 3.63) is 90.1 Å². The highest BCUT2D eigenvalue weighted by Crippen LogP contribution is 2.37. The van der Waals surface area contributed by atoms with Crippen molar-refractivity contribution in [1.29, 1.82) is 0 Å². The average Bonchev–Trinajstić information content (AvgIpc) is 3.28. The van der Waals surface area contributed by atoms with Crippen LogP contribution in [0.5, 0.6) is 5.75 Å². The highest BCUT2D eigenvalue weighted by Gasteiger charge is 2.33. The molecular formula is C26H19F3N2O5. The van der Waals surface area contributed by atoms with Gasteiger partial charge in [0.25, 0.3) is 0 Å². The summed E-state index contributed by atoms with van der Waals surface area (Å²) in [6.07, 6.45) is -4.82. The highest BCUT2D eigenvalue weighted by atomic mass is 19.4. The molecule has 0 amide bonds. The number of hydrogen-bond acceptors (Lipinski definition) is 6. The molecule has 0 bridgehead atoms. The molecule has 3 aromatic carbocycles. The van der Waals surface area contributed by atoms with Crippen molar-refractivity contribution in [1.82, 2.24) is 9.78 Å². The van der Waals surface area contributed by atoms with Crippen molar-refractivity contribution in [2.24, 2.45) is 0 Å². The first-order valence-corrected chi connectivity index (χ1v) is 10.5. The monoisotopic (exact) mass is 496 g/mol. The molecule has 4 aromatic rings. The minimum Gasteiger partial charge on any atom is -0.465 e. The molecule has 0 unspecified atom stereocenters. The molecule has 36 heavy (non-hydrogen) atoms. The van der Waals surface area contributed by atoms with Gasteiger partial charge in [0.05, 0.1) is 19.9 Å². The molecule has 184 valence electrons. The summed E-state index contributed by atoms with van der Waals surface area (Å²) in [6, 6.07) is 20.8. The minimum absolute atomic E-state index is 0.113. The van der Waals surface area contributed by atoms with Crippen LogP contribution in [0.2, 0.25) is 0 Å². The zero-order valence-electron chi connectivity index (χ0n) is 19.1. The first-order valence-electron chi connectivity index (χ1n) is 10.5. The Kier molecular flexibility index (Phi) is 6.77. The van der Waals surface area contributed by atoms with Gasteiger partial charge in [0, 0.05) is 5.56 Å². The number of ether oxygens (including phenoxy) is 3. The fourth-order valence-electron chi connectivity index (χ4n) is 3.72. The lowest BCUT2D eigenvalue weighted by molar-refractivity contribution is -0.274. The second-order valence-electron chi connectivity index (χ2n) is 7.42. The van der Waals surface area contributed by atoms with E-state index in [1.165, 1.54) is 43.2 Å². The molecule has 0 radical (unpaired) electrons. The highest BCUT2D eigenvalue weighted by molar-refractivity contribution is 6.07. The fraction of sp³-hybridized carbons (Fsp3) is 0.115. The summed E-state index contributed by atoms with van der Waals surface area (Å²) in [7, 11) is 2.36. The van der Waals surface area contributed by atoms with Gasteiger partial charge in [-0.25, -0.2) is 14.3 Å². The second-order valence-corrected chi connectivity index (χ2v) is 7.42. The number of halogens is 3. The first-order chi connectivity index (χ1) is 17.2. The van der Waals surface area contributed by atoms with E-state index in [0.717, 1.165) is 0 Å². The van der Waals surface area contributed by atoms with Crippen molar-refractivity contribution in [2.45, 2.75) is 6.36 Å². The molecular weight excluding hydrogens is 477 g/mol. The molecule has 0 aliphatic rings. The molecule has 0 saturated carbocycles. The molecule has 1 aromatic heterocycles. The van der Waals surface area contributed by atoms with Crippen LogP contribution in [0.3, 0.4) is 0 Å². The van der Waals surface area contributed by atoms with E-state index >= 15 is 0 Å². The maximum atomic E-state index is 12.9. The average molecular weight is 496 g/mol. The van der Waals surface area contributed by atoms with Crippen molar-refractivity contribution in [3.63, 3.8) is 0 Å². The van der Waals surface area contributed by atoms with Gasteiger partial charge in [-0.15, -0.1) is 13.2 Å². The Morgan fingerprint density at radius 1 is 0.778 bits per heavy atom. The van der Waals surface area contributed by atoms with Crippen LogP contribution < -0.4 is 4.74 Å².